The first-order valence-corrected chi connectivity index (χ1v) is 10.2. The Hall–Kier alpha value is -2.61. The number of tetrazole rings is 1. The van der Waals surface area contributed by atoms with Crippen LogP contribution in [0.3, 0.4) is 0 Å². The number of hydrogen-bond donors (Lipinski definition) is 0. The van der Waals surface area contributed by atoms with Gasteiger partial charge in [-0.25, -0.2) is 0 Å². The third-order valence-electron chi connectivity index (χ3n) is 5.33. The van der Waals surface area contributed by atoms with Crippen LogP contribution in [0.5, 0.6) is 0 Å². The summed E-state index contributed by atoms with van der Waals surface area (Å²) in [6.07, 6.45) is 3.69. The first-order valence-electron chi connectivity index (χ1n) is 10.2. The van der Waals surface area contributed by atoms with Crippen LogP contribution in [0.25, 0.3) is 22.5 Å². The van der Waals surface area contributed by atoms with Crippen LogP contribution < -0.4 is 0 Å². The molecular weight excluding hydrogens is 368 g/mol. The number of benzene rings is 2. The first-order chi connectivity index (χ1) is 14.4. The highest BCUT2D eigenvalue weighted by Crippen LogP contribution is 2.32. The second-order valence-electron chi connectivity index (χ2n) is 7.35. The summed E-state index contributed by atoms with van der Waals surface area (Å²) in [6.45, 7) is 2.22. The Morgan fingerprint density at radius 2 is 1.55 bits per heavy atom. The smallest absolute Gasteiger partial charge is 0.205 e. The summed E-state index contributed by atoms with van der Waals surface area (Å²) < 4.78 is 17.2. The topological polar surface area (TPSA) is 71.3 Å². The standard InChI is InChI=1S/C22H24N4O3/c1-2-7-19(21-23-25-26(24-21)20-8-3-4-13-27-20)18(6-1)16-9-11-17(12-10-16)22-28-14-5-15-29-22/h1-2,6-7,9-12,20,22H,3-5,8,13-15H2. The van der Waals surface area contributed by atoms with Crippen LogP contribution in [-0.2, 0) is 14.2 Å². The van der Waals surface area contributed by atoms with Gasteiger partial charge >= 0.3 is 0 Å². The van der Waals surface area contributed by atoms with Crippen molar-refractivity contribution in [2.24, 2.45) is 0 Å². The molecule has 0 radical (unpaired) electrons. The van der Waals surface area contributed by atoms with Gasteiger partial charge in [-0.3, -0.25) is 0 Å². The van der Waals surface area contributed by atoms with Crippen LogP contribution >= 0.6 is 0 Å². The van der Waals surface area contributed by atoms with Crippen molar-refractivity contribution in [1.82, 2.24) is 20.2 Å². The van der Waals surface area contributed by atoms with E-state index in [1.54, 1.807) is 4.80 Å². The third kappa shape index (κ3) is 3.94. The normalized spacial score (nSPS) is 20.6. The van der Waals surface area contributed by atoms with E-state index in [4.69, 9.17) is 14.2 Å². The largest absolute Gasteiger partial charge is 0.355 e. The monoisotopic (exact) mass is 392 g/mol. The van der Waals surface area contributed by atoms with Gasteiger partial charge in [0.05, 0.1) is 13.2 Å². The van der Waals surface area contributed by atoms with Gasteiger partial charge in [-0.2, -0.15) is 0 Å². The molecule has 7 heteroatoms. The van der Waals surface area contributed by atoms with E-state index in [0.29, 0.717) is 5.82 Å². The number of ether oxygens (including phenoxy) is 3. The van der Waals surface area contributed by atoms with Crippen molar-refractivity contribution in [3.05, 3.63) is 54.1 Å². The highest BCUT2D eigenvalue weighted by atomic mass is 16.7. The molecule has 0 spiro atoms. The molecule has 1 aromatic heterocycles. The zero-order chi connectivity index (χ0) is 19.5. The zero-order valence-electron chi connectivity index (χ0n) is 16.2. The molecule has 0 amide bonds. The molecule has 0 aliphatic carbocycles. The van der Waals surface area contributed by atoms with Crippen molar-refractivity contribution < 1.29 is 14.2 Å². The molecule has 0 N–H and O–H groups in total. The van der Waals surface area contributed by atoms with Crippen LogP contribution in [0.2, 0.25) is 0 Å². The Bertz CT molecular complexity index is 945. The molecular formula is C22H24N4O3. The predicted octanol–water partition coefficient (Wildman–Crippen LogP) is 4.14. The van der Waals surface area contributed by atoms with Crippen LogP contribution in [0.4, 0.5) is 0 Å². The Morgan fingerprint density at radius 1 is 0.793 bits per heavy atom. The van der Waals surface area contributed by atoms with Crippen molar-refractivity contribution >= 4 is 0 Å². The van der Waals surface area contributed by atoms with Crippen LogP contribution in [0.1, 0.15) is 43.8 Å². The maximum atomic E-state index is 5.77. The van der Waals surface area contributed by atoms with E-state index in [1.807, 2.05) is 18.2 Å². The van der Waals surface area contributed by atoms with Gasteiger partial charge in [0.15, 0.2) is 12.5 Å². The van der Waals surface area contributed by atoms with Crippen molar-refractivity contribution in [3.8, 4) is 22.5 Å². The fraction of sp³-hybridized carbons (Fsp3) is 0.409. The molecule has 0 saturated carbocycles. The van der Waals surface area contributed by atoms with Crippen LogP contribution in [0.15, 0.2) is 48.5 Å². The Balaban J connectivity index is 1.41. The van der Waals surface area contributed by atoms with Gasteiger partial charge in [-0.1, -0.05) is 48.5 Å². The molecule has 2 aromatic carbocycles. The van der Waals surface area contributed by atoms with Gasteiger partial charge in [0.2, 0.25) is 5.82 Å². The quantitative estimate of drug-likeness (QED) is 0.664. The van der Waals surface area contributed by atoms with Crippen LogP contribution in [-0.4, -0.2) is 40.0 Å². The van der Waals surface area contributed by atoms with Crippen molar-refractivity contribution in [2.75, 3.05) is 19.8 Å². The maximum Gasteiger partial charge on any atom is 0.205 e. The SMILES string of the molecule is c1ccc(-c2nnn(C3CCCCO3)n2)c(-c2ccc(C3OCCCO3)cc2)c1. The molecule has 2 aliphatic heterocycles. The Kier molecular flexibility index (Phi) is 5.34. The molecule has 2 aliphatic rings. The lowest BCUT2D eigenvalue weighted by atomic mass is 9.98. The fourth-order valence-corrected chi connectivity index (χ4v) is 3.79. The molecule has 3 aromatic rings. The highest BCUT2D eigenvalue weighted by Gasteiger charge is 2.21. The molecule has 2 fully saturated rings. The summed E-state index contributed by atoms with van der Waals surface area (Å²) in [6, 6.07) is 16.4. The third-order valence-corrected chi connectivity index (χ3v) is 5.33. The van der Waals surface area contributed by atoms with E-state index in [-0.39, 0.29) is 12.5 Å². The van der Waals surface area contributed by atoms with Crippen LogP contribution in [0, 0.1) is 0 Å². The minimum absolute atomic E-state index is 0.119. The van der Waals surface area contributed by atoms with E-state index in [9.17, 15) is 0 Å². The van der Waals surface area contributed by atoms with Gasteiger partial charge < -0.3 is 14.2 Å². The van der Waals surface area contributed by atoms with E-state index in [2.05, 4.69) is 45.7 Å². The zero-order valence-corrected chi connectivity index (χ0v) is 16.2. The van der Waals surface area contributed by atoms with Gasteiger partial charge in [-0.15, -0.1) is 15.0 Å². The lowest BCUT2D eigenvalue weighted by Gasteiger charge is -2.23. The molecule has 1 unspecified atom stereocenters. The molecule has 1 atom stereocenters. The summed E-state index contributed by atoms with van der Waals surface area (Å²) in [5, 5.41) is 13.2. The fourth-order valence-electron chi connectivity index (χ4n) is 3.79. The lowest BCUT2D eigenvalue weighted by Crippen LogP contribution is -2.20. The summed E-state index contributed by atoms with van der Waals surface area (Å²) in [5.74, 6) is 0.609. The Morgan fingerprint density at radius 3 is 2.31 bits per heavy atom. The van der Waals surface area contributed by atoms with E-state index < -0.39 is 0 Å². The summed E-state index contributed by atoms with van der Waals surface area (Å²) in [5.41, 5.74) is 4.14. The molecule has 7 nitrogen and oxygen atoms in total. The number of hydrogen-bond acceptors (Lipinski definition) is 6. The number of nitrogens with zero attached hydrogens (tertiary/aromatic N) is 4. The van der Waals surface area contributed by atoms with Gasteiger partial charge in [0.25, 0.3) is 0 Å². The minimum Gasteiger partial charge on any atom is -0.355 e. The second kappa shape index (κ2) is 8.41. The van der Waals surface area contributed by atoms with Gasteiger partial charge in [-0.05, 0) is 42.0 Å². The molecule has 29 heavy (non-hydrogen) atoms. The molecule has 150 valence electrons. The average molecular weight is 392 g/mol. The van der Waals surface area contributed by atoms with E-state index >= 15 is 0 Å². The molecule has 2 saturated heterocycles. The summed E-state index contributed by atoms with van der Waals surface area (Å²) >= 11 is 0. The maximum absolute atomic E-state index is 5.77. The average Bonchev–Trinajstić information content (AvgIpc) is 3.31. The van der Waals surface area contributed by atoms with E-state index in [1.165, 1.54) is 0 Å². The number of aromatic nitrogens is 4. The van der Waals surface area contributed by atoms with Gasteiger partial charge in [0, 0.05) is 17.7 Å². The summed E-state index contributed by atoms with van der Waals surface area (Å²) in [7, 11) is 0. The van der Waals surface area contributed by atoms with Crippen molar-refractivity contribution in [3.63, 3.8) is 0 Å². The lowest BCUT2D eigenvalue weighted by molar-refractivity contribution is -0.183. The Labute approximate surface area is 169 Å². The van der Waals surface area contributed by atoms with Crippen molar-refractivity contribution in [2.45, 2.75) is 38.2 Å². The molecule has 5 rings (SSSR count). The van der Waals surface area contributed by atoms with E-state index in [0.717, 1.165) is 67.8 Å². The highest BCUT2D eigenvalue weighted by molar-refractivity contribution is 5.80. The predicted molar refractivity (Wildman–Crippen MR) is 107 cm³/mol. The molecule has 0 bridgehead atoms. The second-order valence-corrected chi connectivity index (χ2v) is 7.35. The summed E-state index contributed by atoms with van der Waals surface area (Å²) in [4.78, 5) is 1.60. The van der Waals surface area contributed by atoms with Crippen molar-refractivity contribution in [1.29, 1.82) is 0 Å². The first kappa shape index (κ1) is 18.4. The van der Waals surface area contributed by atoms with Gasteiger partial charge in [0.1, 0.15) is 0 Å². The molecule has 3 heterocycles. The number of rotatable bonds is 4. The minimum atomic E-state index is -0.273.